The van der Waals surface area contributed by atoms with E-state index in [1.807, 2.05) is 24.4 Å². The average molecular weight is 634 g/mol. The Morgan fingerprint density at radius 3 is 2.76 bits per heavy atom. The number of amides is 1. The van der Waals surface area contributed by atoms with Crippen molar-refractivity contribution in [2.24, 2.45) is 11.1 Å². The van der Waals surface area contributed by atoms with Crippen LogP contribution < -0.4 is 11.2 Å². The number of fused-ring (bicyclic) bond motifs is 1. The van der Waals surface area contributed by atoms with Gasteiger partial charge in [-0.05, 0) is 57.4 Å². The molecule has 1 amide bonds. The molecule has 0 aromatic carbocycles. The van der Waals surface area contributed by atoms with Crippen LogP contribution in [0, 0.1) is 5.41 Å². The second-order valence-corrected chi connectivity index (χ2v) is 13.2. The molecule has 240 valence electrons. The van der Waals surface area contributed by atoms with Crippen molar-refractivity contribution < 1.29 is 19.1 Å². The molecule has 11 nitrogen and oxygen atoms in total. The van der Waals surface area contributed by atoms with Crippen LogP contribution in [0.15, 0.2) is 35.8 Å². The summed E-state index contributed by atoms with van der Waals surface area (Å²) in [4.78, 5) is 38.7. The van der Waals surface area contributed by atoms with Gasteiger partial charge in [0.05, 0.1) is 57.6 Å². The highest BCUT2D eigenvalue weighted by Crippen LogP contribution is 2.40. The number of carbonyl (C=O) groups is 2. The van der Waals surface area contributed by atoms with Gasteiger partial charge in [-0.15, -0.1) is 11.3 Å². The van der Waals surface area contributed by atoms with Crippen molar-refractivity contribution in [1.29, 1.82) is 0 Å². The molecule has 1 aliphatic rings. The number of nitrogens with zero attached hydrogens (tertiary/aromatic N) is 5. The lowest BCUT2D eigenvalue weighted by Crippen LogP contribution is -2.53. The third kappa shape index (κ3) is 7.09. The van der Waals surface area contributed by atoms with Crippen LogP contribution in [0.4, 0.5) is 0 Å². The Bertz CT molecular complexity index is 1640. The highest BCUT2D eigenvalue weighted by molar-refractivity contribution is 7.10. The van der Waals surface area contributed by atoms with Crippen LogP contribution in [-0.4, -0.2) is 69.8 Å². The SMILES string of the molecule is CCn1c(-c2cccnc2C(C)OC)c(CC(C)(C)COC=O)c2nc(-c3csc(CC(N)C(=O)N4CCCCN4)n3)ccc21. The minimum Gasteiger partial charge on any atom is -0.467 e. The van der Waals surface area contributed by atoms with E-state index in [9.17, 15) is 9.59 Å². The third-order valence-corrected chi connectivity index (χ3v) is 9.13. The van der Waals surface area contributed by atoms with Gasteiger partial charge in [-0.1, -0.05) is 13.8 Å². The van der Waals surface area contributed by atoms with E-state index in [0.717, 1.165) is 69.3 Å². The van der Waals surface area contributed by atoms with E-state index in [1.165, 1.54) is 11.3 Å². The van der Waals surface area contributed by atoms with Gasteiger partial charge in [0.15, 0.2) is 0 Å². The molecule has 2 atom stereocenters. The first-order valence-electron chi connectivity index (χ1n) is 15.5. The molecule has 3 N–H and O–H groups in total. The van der Waals surface area contributed by atoms with Crippen molar-refractivity contribution in [3.8, 4) is 22.6 Å². The first-order chi connectivity index (χ1) is 21.7. The number of hydrazine groups is 1. The monoisotopic (exact) mass is 633 g/mol. The molecule has 0 spiro atoms. The van der Waals surface area contributed by atoms with E-state index in [-0.39, 0.29) is 24.0 Å². The van der Waals surface area contributed by atoms with E-state index in [4.69, 9.17) is 30.2 Å². The largest absolute Gasteiger partial charge is 0.467 e. The molecular weight excluding hydrogens is 590 g/mol. The lowest BCUT2D eigenvalue weighted by atomic mass is 9.85. The second kappa shape index (κ2) is 14.2. The summed E-state index contributed by atoms with van der Waals surface area (Å²) in [5.41, 5.74) is 16.3. The quantitative estimate of drug-likeness (QED) is 0.201. The van der Waals surface area contributed by atoms with Crippen molar-refractivity contribution in [2.75, 3.05) is 26.8 Å². The highest BCUT2D eigenvalue weighted by atomic mass is 32.1. The predicted molar refractivity (Wildman–Crippen MR) is 175 cm³/mol. The molecule has 0 bridgehead atoms. The topological polar surface area (TPSA) is 137 Å². The normalized spacial score (nSPS) is 15.3. The van der Waals surface area contributed by atoms with Gasteiger partial charge in [0.2, 0.25) is 0 Å². The predicted octanol–water partition coefficient (Wildman–Crippen LogP) is 4.69. The number of aryl methyl sites for hydroxylation is 1. The maximum Gasteiger partial charge on any atom is 0.293 e. The van der Waals surface area contributed by atoms with E-state index in [2.05, 4.69) is 42.9 Å². The summed E-state index contributed by atoms with van der Waals surface area (Å²) >= 11 is 1.48. The zero-order valence-electron chi connectivity index (χ0n) is 26.7. The van der Waals surface area contributed by atoms with Crippen LogP contribution in [0.2, 0.25) is 0 Å². The number of hydrogen-bond acceptors (Lipinski definition) is 10. The van der Waals surface area contributed by atoms with E-state index in [0.29, 0.717) is 32.4 Å². The summed E-state index contributed by atoms with van der Waals surface area (Å²) in [6.07, 6.45) is 4.56. The second-order valence-electron chi connectivity index (χ2n) is 12.2. The standard InChI is InChI=1S/C33H43N7O4S/c1-6-39-27-12-11-25(26-18-45-28(37-26)16-24(34)32(42)40-15-8-7-14-36-40)38-30(27)23(17-33(3,4)19-44-20-41)31(39)22-10-9-13-35-29(22)21(2)43-5/h9-13,18,20-21,24,36H,6-8,14-17,19,34H2,1-5H3. The fourth-order valence-corrected chi connectivity index (χ4v) is 6.80. The number of thiazole rings is 1. The van der Waals surface area contributed by atoms with Crippen molar-refractivity contribution in [2.45, 2.75) is 72.1 Å². The summed E-state index contributed by atoms with van der Waals surface area (Å²) in [5.74, 6) is -0.109. The number of methoxy groups -OCH3 is 1. The Hall–Kier alpha value is -3.71. The van der Waals surface area contributed by atoms with Crippen LogP contribution in [0.5, 0.6) is 0 Å². The van der Waals surface area contributed by atoms with Crippen LogP contribution in [-0.2, 0) is 38.4 Å². The van der Waals surface area contributed by atoms with Crippen molar-refractivity contribution >= 4 is 34.7 Å². The zero-order valence-corrected chi connectivity index (χ0v) is 27.5. The number of pyridine rings is 2. The number of nitrogens with two attached hydrogens (primary N) is 1. The smallest absolute Gasteiger partial charge is 0.293 e. The summed E-state index contributed by atoms with van der Waals surface area (Å²) in [6, 6.07) is 7.43. The van der Waals surface area contributed by atoms with Gasteiger partial charge >= 0.3 is 0 Å². The molecule has 0 aliphatic carbocycles. The van der Waals surface area contributed by atoms with Crippen molar-refractivity contribution in [3.05, 3.63) is 52.1 Å². The molecule has 12 heteroatoms. The Morgan fingerprint density at radius 1 is 1.22 bits per heavy atom. The molecule has 45 heavy (non-hydrogen) atoms. The highest BCUT2D eigenvalue weighted by Gasteiger charge is 2.30. The molecule has 4 aromatic rings. The Kier molecular flexibility index (Phi) is 10.3. The van der Waals surface area contributed by atoms with Gasteiger partial charge in [0, 0.05) is 61.3 Å². The molecule has 0 radical (unpaired) electrons. The van der Waals surface area contributed by atoms with Crippen LogP contribution >= 0.6 is 11.3 Å². The number of rotatable bonds is 13. The fraction of sp³-hybridized carbons (Fsp3) is 0.485. The third-order valence-electron chi connectivity index (χ3n) is 8.26. The molecule has 2 unspecified atom stereocenters. The first-order valence-corrected chi connectivity index (χ1v) is 16.4. The number of nitrogens with one attached hydrogen (secondary N) is 1. The number of ether oxygens (including phenoxy) is 2. The van der Waals surface area contributed by atoms with Crippen LogP contribution in [0.1, 0.15) is 62.9 Å². The number of hydrogen-bond donors (Lipinski definition) is 2. The maximum atomic E-state index is 12.9. The van der Waals surface area contributed by atoms with Gasteiger partial charge in [-0.2, -0.15) is 0 Å². The van der Waals surface area contributed by atoms with E-state index >= 15 is 0 Å². The summed E-state index contributed by atoms with van der Waals surface area (Å²) in [7, 11) is 1.68. The summed E-state index contributed by atoms with van der Waals surface area (Å²) < 4.78 is 13.2. The van der Waals surface area contributed by atoms with Gasteiger partial charge < -0.3 is 19.8 Å². The molecular formula is C33H43N7O4S. The molecule has 5 heterocycles. The molecule has 0 saturated carbocycles. The minimum atomic E-state index is -0.670. The lowest BCUT2D eigenvalue weighted by molar-refractivity contribution is -0.137. The van der Waals surface area contributed by atoms with Gasteiger partial charge in [-0.3, -0.25) is 19.6 Å². The molecule has 4 aromatic heterocycles. The van der Waals surface area contributed by atoms with Crippen LogP contribution in [0.3, 0.4) is 0 Å². The number of carbonyl (C=O) groups excluding carboxylic acids is 2. The minimum absolute atomic E-state index is 0.109. The van der Waals surface area contributed by atoms with E-state index < -0.39 is 6.04 Å². The van der Waals surface area contributed by atoms with Crippen LogP contribution in [0.25, 0.3) is 33.7 Å². The Labute approximate surface area is 268 Å². The van der Waals surface area contributed by atoms with Crippen molar-refractivity contribution in [3.63, 3.8) is 0 Å². The lowest BCUT2D eigenvalue weighted by Gasteiger charge is -2.29. The summed E-state index contributed by atoms with van der Waals surface area (Å²) in [6.45, 7) is 11.2. The molecule has 1 aliphatic heterocycles. The molecule has 5 rings (SSSR count). The van der Waals surface area contributed by atoms with Crippen molar-refractivity contribution in [1.82, 2.24) is 30.0 Å². The first kappa shape index (κ1) is 32.7. The van der Waals surface area contributed by atoms with Gasteiger partial charge in [-0.25, -0.2) is 15.4 Å². The number of aromatic nitrogens is 4. The average Bonchev–Trinajstić information content (AvgIpc) is 3.65. The molecule has 1 saturated heterocycles. The van der Waals surface area contributed by atoms with Gasteiger partial charge in [0.1, 0.15) is 0 Å². The maximum absolute atomic E-state index is 12.9. The van der Waals surface area contributed by atoms with E-state index in [1.54, 1.807) is 18.3 Å². The zero-order chi connectivity index (χ0) is 32.1. The van der Waals surface area contributed by atoms with Gasteiger partial charge in [0.25, 0.3) is 12.4 Å². The molecule has 1 fully saturated rings. The Morgan fingerprint density at radius 2 is 2.04 bits per heavy atom. The Balaban J connectivity index is 1.56. The summed E-state index contributed by atoms with van der Waals surface area (Å²) in [5, 5.41) is 4.40. The fourth-order valence-electron chi connectivity index (χ4n) is 5.95.